The lowest BCUT2D eigenvalue weighted by Gasteiger charge is -2.12. The van der Waals surface area contributed by atoms with Crippen molar-refractivity contribution in [3.63, 3.8) is 0 Å². The number of amides is 2. The van der Waals surface area contributed by atoms with Gasteiger partial charge in [0.2, 0.25) is 0 Å². The van der Waals surface area contributed by atoms with E-state index in [1.54, 1.807) is 37.3 Å². The lowest BCUT2D eigenvalue weighted by atomic mass is 10.2. The van der Waals surface area contributed by atoms with E-state index in [1.165, 1.54) is 12.1 Å². The molecule has 2 aromatic rings. The van der Waals surface area contributed by atoms with Gasteiger partial charge in [-0.25, -0.2) is 13.2 Å². The van der Waals surface area contributed by atoms with Crippen molar-refractivity contribution in [2.24, 2.45) is 5.73 Å². The maximum Gasteiger partial charge on any atom is 0.316 e. The number of sulfonamides is 1. The fourth-order valence-corrected chi connectivity index (χ4v) is 3.44. The molecule has 0 atom stereocenters. The Labute approximate surface area is 133 Å². The van der Waals surface area contributed by atoms with E-state index in [-0.39, 0.29) is 4.90 Å². The van der Waals surface area contributed by atoms with Crippen molar-refractivity contribution in [3.05, 3.63) is 53.1 Å². The number of hydrogen-bond acceptors (Lipinski definition) is 3. The topological polar surface area (TPSA) is 101 Å². The van der Waals surface area contributed by atoms with Crippen molar-refractivity contribution in [3.8, 4) is 0 Å². The van der Waals surface area contributed by atoms with Crippen molar-refractivity contribution >= 4 is 39.0 Å². The molecule has 0 aliphatic carbocycles. The smallest absolute Gasteiger partial charge is 0.316 e. The van der Waals surface area contributed by atoms with Crippen LogP contribution in [0.2, 0.25) is 5.02 Å². The van der Waals surface area contributed by atoms with Crippen molar-refractivity contribution in [2.45, 2.75) is 11.8 Å². The predicted octanol–water partition coefficient (Wildman–Crippen LogP) is 2.94. The molecular weight excluding hydrogens is 326 g/mol. The minimum atomic E-state index is -3.79. The van der Waals surface area contributed by atoms with Gasteiger partial charge in [0.15, 0.2) is 0 Å². The molecule has 0 aliphatic rings. The standard InChI is InChI=1S/C14H14ClN3O3S/c1-9-12(15)6-3-7-13(9)22(20,21)18-11-5-2-4-10(8-11)17-14(16)19/h2-8,18H,1H3,(H3,16,17,19). The fourth-order valence-electron chi connectivity index (χ4n) is 1.89. The highest BCUT2D eigenvalue weighted by Crippen LogP contribution is 2.25. The van der Waals surface area contributed by atoms with E-state index < -0.39 is 16.1 Å². The molecule has 2 aromatic carbocycles. The second kappa shape index (κ2) is 6.25. The second-order valence-electron chi connectivity index (χ2n) is 4.54. The van der Waals surface area contributed by atoms with Gasteiger partial charge in [-0.05, 0) is 42.8 Å². The van der Waals surface area contributed by atoms with Crippen LogP contribution in [0.1, 0.15) is 5.56 Å². The van der Waals surface area contributed by atoms with Crippen LogP contribution >= 0.6 is 11.6 Å². The Morgan fingerprint density at radius 3 is 2.45 bits per heavy atom. The van der Waals surface area contributed by atoms with Gasteiger partial charge < -0.3 is 11.1 Å². The summed E-state index contributed by atoms with van der Waals surface area (Å²) in [5.74, 6) is 0. The first-order valence-corrected chi connectivity index (χ1v) is 8.10. The lowest BCUT2D eigenvalue weighted by molar-refractivity contribution is 0.259. The quantitative estimate of drug-likeness (QED) is 0.798. The number of carbonyl (C=O) groups is 1. The molecule has 6 nitrogen and oxygen atoms in total. The van der Waals surface area contributed by atoms with Gasteiger partial charge in [-0.2, -0.15) is 0 Å². The zero-order chi connectivity index (χ0) is 16.3. The summed E-state index contributed by atoms with van der Waals surface area (Å²) in [6.45, 7) is 1.63. The molecule has 0 fully saturated rings. The number of primary amides is 1. The number of carbonyl (C=O) groups excluding carboxylic acids is 1. The Morgan fingerprint density at radius 2 is 1.77 bits per heavy atom. The average Bonchev–Trinajstić information content (AvgIpc) is 2.40. The van der Waals surface area contributed by atoms with Crippen molar-refractivity contribution in [2.75, 3.05) is 10.0 Å². The van der Waals surface area contributed by atoms with Gasteiger partial charge in [-0.1, -0.05) is 23.7 Å². The zero-order valence-electron chi connectivity index (χ0n) is 11.6. The van der Waals surface area contributed by atoms with Gasteiger partial charge in [0.05, 0.1) is 10.6 Å². The summed E-state index contributed by atoms with van der Waals surface area (Å²) in [5, 5.41) is 2.74. The SMILES string of the molecule is Cc1c(Cl)cccc1S(=O)(=O)Nc1cccc(NC(N)=O)c1. The highest BCUT2D eigenvalue weighted by Gasteiger charge is 2.18. The van der Waals surface area contributed by atoms with Gasteiger partial charge in [-0.3, -0.25) is 4.72 Å². The third kappa shape index (κ3) is 3.69. The summed E-state index contributed by atoms with van der Waals surface area (Å²) in [5.41, 5.74) is 6.17. The van der Waals surface area contributed by atoms with Crippen LogP contribution in [0.25, 0.3) is 0 Å². The number of anilines is 2. The first kappa shape index (κ1) is 16.1. The average molecular weight is 340 g/mol. The molecule has 0 saturated heterocycles. The molecule has 2 rings (SSSR count). The normalized spacial score (nSPS) is 11.0. The van der Waals surface area contributed by atoms with E-state index in [0.717, 1.165) is 0 Å². The number of urea groups is 1. The van der Waals surface area contributed by atoms with Crippen LogP contribution in [0.5, 0.6) is 0 Å². The molecule has 0 spiro atoms. The molecule has 4 N–H and O–H groups in total. The van der Waals surface area contributed by atoms with Gasteiger partial charge in [-0.15, -0.1) is 0 Å². The summed E-state index contributed by atoms with van der Waals surface area (Å²) >= 11 is 5.95. The molecule has 0 bridgehead atoms. The molecule has 0 saturated carbocycles. The van der Waals surface area contributed by atoms with Crippen LogP contribution in [-0.4, -0.2) is 14.4 Å². The minimum Gasteiger partial charge on any atom is -0.351 e. The molecule has 0 radical (unpaired) electrons. The highest BCUT2D eigenvalue weighted by molar-refractivity contribution is 7.92. The number of nitrogens with two attached hydrogens (primary N) is 1. The summed E-state index contributed by atoms with van der Waals surface area (Å²) in [4.78, 5) is 10.9. The molecule has 0 aliphatic heterocycles. The third-order valence-electron chi connectivity index (χ3n) is 2.89. The molecule has 116 valence electrons. The summed E-state index contributed by atoms with van der Waals surface area (Å²) in [7, 11) is -3.79. The third-order valence-corrected chi connectivity index (χ3v) is 4.83. The van der Waals surface area contributed by atoms with Gasteiger partial charge in [0, 0.05) is 10.7 Å². The number of halogens is 1. The Balaban J connectivity index is 2.33. The van der Waals surface area contributed by atoms with E-state index in [1.807, 2.05) is 0 Å². The zero-order valence-corrected chi connectivity index (χ0v) is 13.2. The minimum absolute atomic E-state index is 0.0910. The number of rotatable bonds is 4. The van der Waals surface area contributed by atoms with Crippen LogP contribution in [0.4, 0.5) is 16.2 Å². The lowest BCUT2D eigenvalue weighted by Crippen LogP contribution is -2.19. The van der Waals surface area contributed by atoms with Crippen LogP contribution in [0, 0.1) is 6.92 Å². The van der Waals surface area contributed by atoms with Crippen LogP contribution in [0.3, 0.4) is 0 Å². The monoisotopic (exact) mass is 339 g/mol. The summed E-state index contributed by atoms with van der Waals surface area (Å²) in [6.07, 6.45) is 0. The molecule has 0 aromatic heterocycles. The second-order valence-corrected chi connectivity index (χ2v) is 6.60. The maximum atomic E-state index is 12.4. The van der Waals surface area contributed by atoms with E-state index in [0.29, 0.717) is 22.0 Å². The molecule has 0 heterocycles. The highest BCUT2D eigenvalue weighted by atomic mass is 35.5. The number of nitrogens with one attached hydrogen (secondary N) is 2. The van der Waals surface area contributed by atoms with Gasteiger partial charge >= 0.3 is 6.03 Å². The Bertz CT molecular complexity index is 822. The summed E-state index contributed by atoms with van der Waals surface area (Å²) < 4.78 is 27.3. The van der Waals surface area contributed by atoms with E-state index in [4.69, 9.17) is 17.3 Å². The van der Waals surface area contributed by atoms with E-state index in [2.05, 4.69) is 10.0 Å². The molecule has 8 heteroatoms. The molecule has 2 amide bonds. The molecule has 0 unspecified atom stereocenters. The Morgan fingerprint density at radius 1 is 1.14 bits per heavy atom. The van der Waals surface area contributed by atoms with Crippen LogP contribution in [0.15, 0.2) is 47.4 Å². The Hall–Kier alpha value is -2.25. The fraction of sp³-hybridized carbons (Fsp3) is 0.0714. The first-order chi connectivity index (χ1) is 10.3. The molecule has 22 heavy (non-hydrogen) atoms. The first-order valence-electron chi connectivity index (χ1n) is 6.24. The molecular formula is C14H14ClN3O3S. The number of hydrogen-bond donors (Lipinski definition) is 3. The van der Waals surface area contributed by atoms with Gasteiger partial charge in [0.1, 0.15) is 0 Å². The maximum absolute atomic E-state index is 12.4. The van der Waals surface area contributed by atoms with Crippen molar-refractivity contribution in [1.82, 2.24) is 0 Å². The Kier molecular flexibility index (Phi) is 4.58. The van der Waals surface area contributed by atoms with Crippen molar-refractivity contribution < 1.29 is 13.2 Å². The largest absolute Gasteiger partial charge is 0.351 e. The number of benzene rings is 2. The van der Waals surface area contributed by atoms with Gasteiger partial charge in [0.25, 0.3) is 10.0 Å². The van der Waals surface area contributed by atoms with E-state index >= 15 is 0 Å². The van der Waals surface area contributed by atoms with Crippen LogP contribution < -0.4 is 15.8 Å². The summed E-state index contributed by atoms with van der Waals surface area (Å²) in [6, 6.07) is 10.1. The van der Waals surface area contributed by atoms with Crippen LogP contribution in [-0.2, 0) is 10.0 Å². The van der Waals surface area contributed by atoms with Crippen molar-refractivity contribution in [1.29, 1.82) is 0 Å². The predicted molar refractivity (Wildman–Crippen MR) is 86.6 cm³/mol. The van der Waals surface area contributed by atoms with E-state index in [9.17, 15) is 13.2 Å².